The topological polar surface area (TPSA) is 96.9 Å². The Bertz CT molecular complexity index is 1490. The zero-order valence-electron chi connectivity index (χ0n) is 23.2. The second kappa shape index (κ2) is 10.9. The number of fused-ring (bicyclic) bond motifs is 1. The van der Waals surface area contributed by atoms with Crippen LogP contribution in [-0.4, -0.2) is 74.1 Å². The number of carbonyl (C=O) groups excluding carboxylic acids is 2. The quantitative estimate of drug-likeness (QED) is 0.470. The number of anilines is 5. The van der Waals surface area contributed by atoms with Gasteiger partial charge in [0.1, 0.15) is 5.82 Å². The number of amides is 3. The number of hydrogen-bond donors (Lipinski definition) is 2. The van der Waals surface area contributed by atoms with Crippen LogP contribution in [0.25, 0.3) is 0 Å². The van der Waals surface area contributed by atoms with Crippen molar-refractivity contribution in [3.63, 3.8) is 0 Å². The van der Waals surface area contributed by atoms with Crippen LogP contribution in [0.1, 0.15) is 27.0 Å². The average molecular weight is 569 g/mol. The van der Waals surface area contributed by atoms with Crippen molar-refractivity contribution in [2.75, 3.05) is 72.7 Å². The van der Waals surface area contributed by atoms with Crippen LogP contribution in [0.15, 0.2) is 42.6 Å². The highest BCUT2D eigenvalue weighted by atomic mass is 19.4. The summed E-state index contributed by atoms with van der Waals surface area (Å²) in [7, 11) is 5.26. The summed E-state index contributed by atoms with van der Waals surface area (Å²) >= 11 is 0. The summed E-state index contributed by atoms with van der Waals surface area (Å²) in [5, 5.41) is 5.58. The third-order valence-corrected chi connectivity index (χ3v) is 7.36. The molecule has 0 spiro atoms. The number of carbonyl (C=O) groups is 2. The molecule has 0 atom stereocenters. The van der Waals surface area contributed by atoms with E-state index in [0.29, 0.717) is 55.0 Å². The number of nitrogens with zero attached hydrogens (tertiary/aromatic N) is 6. The van der Waals surface area contributed by atoms with E-state index in [1.807, 2.05) is 18.9 Å². The molecule has 1 saturated heterocycles. The molecule has 3 amide bonds. The van der Waals surface area contributed by atoms with Gasteiger partial charge in [0.2, 0.25) is 5.95 Å². The summed E-state index contributed by atoms with van der Waals surface area (Å²) in [6.07, 6.45) is -2.96. The van der Waals surface area contributed by atoms with Crippen molar-refractivity contribution in [2.24, 2.45) is 0 Å². The lowest BCUT2D eigenvalue weighted by molar-refractivity contribution is -0.137. The van der Waals surface area contributed by atoms with Gasteiger partial charge in [-0.05, 0) is 49.9 Å². The Morgan fingerprint density at radius 1 is 1.02 bits per heavy atom. The van der Waals surface area contributed by atoms with E-state index in [4.69, 9.17) is 0 Å². The predicted octanol–water partition coefficient (Wildman–Crippen LogP) is 4.43. The molecule has 5 rings (SSSR count). The molecular formula is C28H31F3N8O2. The number of benzene rings is 2. The molecule has 41 heavy (non-hydrogen) atoms. The first-order valence-corrected chi connectivity index (χ1v) is 13.1. The van der Waals surface area contributed by atoms with Gasteiger partial charge >= 0.3 is 12.2 Å². The largest absolute Gasteiger partial charge is 0.416 e. The van der Waals surface area contributed by atoms with E-state index in [2.05, 4.69) is 25.5 Å². The first-order valence-electron chi connectivity index (χ1n) is 13.1. The number of aryl methyl sites for hydroxylation is 1. The molecular weight excluding hydrogens is 537 g/mol. The zero-order chi connectivity index (χ0) is 29.5. The number of hydrogen-bond acceptors (Lipinski definition) is 7. The minimum atomic E-state index is -4.61. The Morgan fingerprint density at radius 3 is 2.44 bits per heavy atom. The first kappa shape index (κ1) is 28.1. The second-order valence-electron chi connectivity index (χ2n) is 10.2. The number of urea groups is 1. The lowest BCUT2D eigenvalue weighted by Gasteiger charge is -2.35. The summed E-state index contributed by atoms with van der Waals surface area (Å²) in [5.74, 6) is 0.207. The maximum absolute atomic E-state index is 13.8. The summed E-state index contributed by atoms with van der Waals surface area (Å²) in [6, 6.07) is 8.16. The van der Waals surface area contributed by atoms with Gasteiger partial charge < -0.3 is 20.4 Å². The van der Waals surface area contributed by atoms with Gasteiger partial charge in [0.15, 0.2) is 0 Å². The average Bonchev–Trinajstić information content (AvgIpc) is 2.95. The molecule has 0 radical (unpaired) electrons. The van der Waals surface area contributed by atoms with E-state index in [1.54, 1.807) is 43.4 Å². The molecule has 10 nitrogen and oxygen atoms in total. The number of aromatic nitrogens is 2. The summed E-state index contributed by atoms with van der Waals surface area (Å²) in [6.45, 7) is 4.58. The van der Waals surface area contributed by atoms with Crippen molar-refractivity contribution in [3.8, 4) is 0 Å². The van der Waals surface area contributed by atoms with Crippen LogP contribution >= 0.6 is 0 Å². The Morgan fingerprint density at radius 2 is 1.76 bits per heavy atom. The molecule has 1 fully saturated rings. The fraction of sp³-hybridized carbons (Fsp3) is 0.357. The van der Waals surface area contributed by atoms with Gasteiger partial charge in [-0.1, -0.05) is 6.07 Å². The van der Waals surface area contributed by atoms with Gasteiger partial charge in [-0.2, -0.15) is 18.2 Å². The van der Waals surface area contributed by atoms with Crippen molar-refractivity contribution in [1.29, 1.82) is 0 Å². The van der Waals surface area contributed by atoms with Crippen LogP contribution in [0.4, 0.5) is 46.8 Å². The fourth-order valence-electron chi connectivity index (χ4n) is 4.95. The van der Waals surface area contributed by atoms with Gasteiger partial charge in [0, 0.05) is 69.0 Å². The van der Waals surface area contributed by atoms with Crippen molar-refractivity contribution in [2.45, 2.75) is 19.6 Å². The van der Waals surface area contributed by atoms with Crippen LogP contribution in [-0.2, 0) is 12.7 Å². The van der Waals surface area contributed by atoms with Crippen molar-refractivity contribution < 1.29 is 22.8 Å². The molecule has 0 saturated carbocycles. The highest BCUT2D eigenvalue weighted by Crippen LogP contribution is 2.35. The minimum Gasteiger partial charge on any atom is -0.369 e. The molecule has 13 heteroatoms. The van der Waals surface area contributed by atoms with E-state index < -0.39 is 17.6 Å². The number of piperazine rings is 1. The number of alkyl halides is 3. The van der Waals surface area contributed by atoms with Gasteiger partial charge in [-0.25, -0.2) is 9.78 Å². The fourth-order valence-corrected chi connectivity index (χ4v) is 4.95. The SMILES string of the molecule is CNc1ncc2c(n1)N(C)C(=O)N(c1cc(NC(=O)c3cc(N4CCN(C)CC4)cc(C(F)(F)F)c3)ccc1C)C2. The normalized spacial score (nSPS) is 16.1. The molecule has 0 unspecified atom stereocenters. The van der Waals surface area contributed by atoms with Crippen molar-refractivity contribution in [1.82, 2.24) is 14.9 Å². The van der Waals surface area contributed by atoms with E-state index in [9.17, 15) is 22.8 Å². The molecule has 0 bridgehead atoms. The number of rotatable bonds is 5. The molecule has 2 aliphatic heterocycles. The lowest BCUT2D eigenvalue weighted by Crippen LogP contribution is -2.46. The smallest absolute Gasteiger partial charge is 0.369 e. The minimum absolute atomic E-state index is 0.101. The molecule has 3 heterocycles. The second-order valence-corrected chi connectivity index (χ2v) is 10.2. The molecule has 2 aromatic carbocycles. The lowest BCUT2D eigenvalue weighted by atomic mass is 10.1. The Hall–Kier alpha value is -4.39. The zero-order valence-corrected chi connectivity index (χ0v) is 23.2. The van der Waals surface area contributed by atoms with Crippen molar-refractivity contribution >= 4 is 40.8 Å². The number of halogens is 3. The third-order valence-electron chi connectivity index (χ3n) is 7.36. The molecule has 1 aromatic heterocycles. The van der Waals surface area contributed by atoms with E-state index >= 15 is 0 Å². The summed E-state index contributed by atoms with van der Waals surface area (Å²) in [5.41, 5.74) is 1.77. The highest BCUT2D eigenvalue weighted by molar-refractivity contribution is 6.07. The van der Waals surface area contributed by atoms with Crippen molar-refractivity contribution in [3.05, 3.63) is 64.8 Å². The maximum atomic E-state index is 13.8. The van der Waals surface area contributed by atoms with Crippen LogP contribution in [0, 0.1) is 6.92 Å². The summed E-state index contributed by atoms with van der Waals surface area (Å²) in [4.78, 5) is 42.1. The Labute approximate surface area is 235 Å². The molecule has 2 aliphatic rings. The molecule has 0 aliphatic carbocycles. The Balaban J connectivity index is 1.42. The Kier molecular flexibility index (Phi) is 7.47. The van der Waals surface area contributed by atoms with Crippen LogP contribution in [0.2, 0.25) is 0 Å². The molecule has 216 valence electrons. The van der Waals surface area contributed by atoms with Crippen LogP contribution in [0.5, 0.6) is 0 Å². The predicted molar refractivity (Wildman–Crippen MR) is 152 cm³/mol. The van der Waals surface area contributed by atoms with Gasteiger partial charge in [-0.3, -0.25) is 14.6 Å². The summed E-state index contributed by atoms with van der Waals surface area (Å²) < 4.78 is 41.3. The van der Waals surface area contributed by atoms with Gasteiger partial charge in [0.25, 0.3) is 5.91 Å². The number of likely N-dealkylation sites (N-methyl/N-ethyl adjacent to an activating group) is 1. The van der Waals surface area contributed by atoms with E-state index in [1.165, 1.54) is 11.0 Å². The molecule has 2 N–H and O–H groups in total. The van der Waals surface area contributed by atoms with Gasteiger partial charge in [-0.15, -0.1) is 0 Å². The number of nitrogens with one attached hydrogen (secondary N) is 2. The third kappa shape index (κ3) is 5.75. The molecule has 3 aromatic rings. The van der Waals surface area contributed by atoms with Crippen LogP contribution < -0.4 is 25.3 Å². The standard InChI is InChI=1S/C28H31F3N8O2/c1-17-5-6-21(14-23(17)39-16-19-15-33-26(32-2)35-24(19)37(4)27(39)41)34-25(40)18-11-20(28(29,30)31)13-22(12-18)38-9-7-36(3)8-10-38/h5-6,11-15H,7-10,16H2,1-4H3,(H,34,40)(H,32,33,35). The van der Waals surface area contributed by atoms with E-state index in [-0.39, 0.29) is 18.1 Å². The monoisotopic (exact) mass is 568 g/mol. The highest BCUT2D eigenvalue weighted by Gasteiger charge is 2.34. The van der Waals surface area contributed by atoms with Crippen LogP contribution in [0.3, 0.4) is 0 Å². The maximum Gasteiger partial charge on any atom is 0.416 e. The van der Waals surface area contributed by atoms with Gasteiger partial charge in [0.05, 0.1) is 17.8 Å². The van der Waals surface area contributed by atoms with E-state index in [0.717, 1.165) is 23.3 Å². The first-order chi connectivity index (χ1) is 19.4.